The number of halogens is 1. The van der Waals surface area contributed by atoms with Crippen LogP contribution in [-0.4, -0.2) is 13.2 Å². The fourth-order valence-electron chi connectivity index (χ4n) is 4.95. The highest BCUT2D eigenvalue weighted by Gasteiger charge is 2.50. The fraction of sp³-hybridized carbons (Fsp3) is 0.647. The van der Waals surface area contributed by atoms with Gasteiger partial charge in [-0.1, -0.05) is 18.0 Å². The van der Waals surface area contributed by atoms with E-state index in [4.69, 9.17) is 22.1 Å². The molecule has 2 nitrogen and oxygen atoms in total. The first kappa shape index (κ1) is 13.0. The van der Waals surface area contributed by atoms with Crippen LogP contribution in [0.15, 0.2) is 12.1 Å². The van der Waals surface area contributed by atoms with E-state index in [0.717, 1.165) is 48.6 Å². The summed E-state index contributed by atoms with van der Waals surface area (Å²) in [5, 5.41) is 0.847. The number of hydrogen-bond donors (Lipinski definition) is 1. The summed E-state index contributed by atoms with van der Waals surface area (Å²) in [4.78, 5) is 0. The van der Waals surface area contributed by atoms with Gasteiger partial charge in [0.05, 0.1) is 6.61 Å². The second-order valence-corrected chi connectivity index (χ2v) is 7.41. The Hall–Kier alpha value is -0.730. The van der Waals surface area contributed by atoms with Crippen molar-refractivity contribution >= 4 is 11.6 Å². The monoisotopic (exact) mass is 291 g/mol. The molecule has 0 radical (unpaired) electrons. The van der Waals surface area contributed by atoms with Crippen LogP contribution >= 0.6 is 11.6 Å². The predicted octanol–water partition coefficient (Wildman–Crippen LogP) is 3.58. The third-order valence-corrected chi connectivity index (χ3v) is 6.10. The molecule has 3 unspecified atom stereocenters. The van der Waals surface area contributed by atoms with Crippen LogP contribution in [0.5, 0.6) is 5.75 Å². The largest absolute Gasteiger partial charge is 0.493 e. The third kappa shape index (κ3) is 1.88. The molecule has 0 aromatic heterocycles. The van der Waals surface area contributed by atoms with Crippen molar-refractivity contribution in [1.29, 1.82) is 0 Å². The van der Waals surface area contributed by atoms with Gasteiger partial charge in [0, 0.05) is 11.4 Å². The number of hydrogen-bond acceptors (Lipinski definition) is 2. The topological polar surface area (TPSA) is 35.2 Å². The first-order valence-electron chi connectivity index (χ1n) is 7.84. The molecule has 4 rings (SSSR count). The van der Waals surface area contributed by atoms with E-state index in [1.807, 2.05) is 0 Å². The van der Waals surface area contributed by atoms with Gasteiger partial charge in [0.1, 0.15) is 5.75 Å². The van der Waals surface area contributed by atoms with Crippen molar-refractivity contribution in [2.75, 3.05) is 13.2 Å². The van der Waals surface area contributed by atoms with Crippen molar-refractivity contribution in [2.24, 2.45) is 23.0 Å². The van der Waals surface area contributed by atoms with Gasteiger partial charge in [0.2, 0.25) is 0 Å². The maximum Gasteiger partial charge on any atom is 0.125 e. The average Bonchev–Trinajstić information content (AvgIpc) is 3.12. The first-order chi connectivity index (χ1) is 9.70. The molecule has 1 aliphatic heterocycles. The molecule has 108 valence electrons. The highest BCUT2D eigenvalue weighted by atomic mass is 35.5. The van der Waals surface area contributed by atoms with Gasteiger partial charge in [-0.15, -0.1) is 0 Å². The highest BCUT2D eigenvalue weighted by molar-refractivity contribution is 6.30. The molecule has 3 atom stereocenters. The number of nitrogens with two attached hydrogens (primary N) is 1. The minimum atomic E-state index is 0.299. The summed E-state index contributed by atoms with van der Waals surface area (Å²) in [6.45, 7) is 1.60. The molecule has 2 N–H and O–H groups in total. The maximum absolute atomic E-state index is 6.29. The second kappa shape index (κ2) is 4.64. The molecule has 2 saturated carbocycles. The molecule has 1 aromatic carbocycles. The zero-order chi connectivity index (χ0) is 13.7. The minimum absolute atomic E-state index is 0.299. The van der Waals surface area contributed by atoms with Crippen molar-refractivity contribution in [3.05, 3.63) is 28.3 Å². The van der Waals surface area contributed by atoms with Gasteiger partial charge in [-0.2, -0.15) is 0 Å². The summed E-state index contributed by atoms with van der Waals surface area (Å²) in [5.41, 5.74) is 9.09. The van der Waals surface area contributed by atoms with E-state index in [-0.39, 0.29) is 0 Å². The summed E-state index contributed by atoms with van der Waals surface area (Å²) in [6, 6.07) is 4.17. The van der Waals surface area contributed by atoms with E-state index in [9.17, 15) is 0 Å². The van der Waals surface area contributed by atoms with Crippen molar-refractivity contribution in [1.82, 2.24) is 0 Å². The van der Waals surface area contributed by atoms with Crippen LogP contribution in [0.3, 0.4) is 0 Å². The van der Waals surface area contributed by atoms with Crippen LogP contribution in [0.4, 0.5) is 0 Å². The molecule has 20 heavy (non-hydrogen) atoms. The van der Waals surface area contributed by atoms with Crippen LogP contribution in [0, 0.1) is 17.3 Å². The van der Waals surface area contributed by atoms with Gasteiger partial charge in [0.15, 0.2) is 0 Å². The number of rotatable bonds is 3. The Kier molecular flexibility index (Phi) is 3.01. The van der Waals surface area contributed by atoms with Crippen LogP contribution in [0.1, 0.15) is 36.8 Å². The minimum Gasteiger partial charge on any atom is -0.493 e. The molecular formula is C17H22ClNO. The normalized spacial score (nSPS) is 34.3. The number of ether oxygens (including phenoxy) is 1. The van der Waals surface area contributed by atoms with E-state index >= 15 is 0 Å². The lowest BCUT2D eigenvalue weighted by atomic mass is 9.69. The van der Waals surface area contributed by atoms with Gasteiger partial charge in [-0.25, -0.2) is 0 Å². The first-order valence-corrected chi connectivity index (χ1v) is 8.22. The van der Waals surface area contributed by atoms with Gasteiger partial charge in [0.25, 0.3) is 0 Å². The average molecular weight is 292 g/mol. The molecular weight excluding hydrogens is 270 g/mol. The zero-order valence-corrected chi connectivity index (χ0v) is 12.6. The van der Waals surface area contributed by atoms with Crippen LogP contribution in [0.2, 0.25) is 5.02 Å². The van der Waals surface area contributed by atoms with Crippen molar-refractivity contribution in [2.45, 2.75) is 38.5 Å². The lowest BCUT2D eigenvalue weighted by molar-refractivity contribution is 0.170. The molecule has 0 saturated heterocycles. The number of fused-ring (bicyclic) bond motifs is 3. The Balaban J connectivity index is 1.69. The van der Waals surface area contributed by atoms with Crippen molar-refractivity contribution in [3.8, 4) is 5.75 Å². The molecule has 1 aromatic rings. The Morgan fingerprint density at radius 1 is 1.35 bits per heavy atom. The van der Waals surface area contributed by atoms with E-state index in [1.54, 1.807) is 0 Å². The summed E-state index contributed by atoms with van der Waals surface area (Å²) in [7, 11) is 0. The highest BCUT2D eigenvalue weighted by Crippen LogP contribution is 2.57. The molecule has 2 bridgehead atoms. The van der Waals surface area contributed by atoms with E-state index < -0.39 is 0 Å². The number of benzene rings is 1. The summed E-state index contributed by atoms with van der Waals surface area (Å²) in [5.74, 6) is 2.83. The fourth-order valence-corrected chi connectivity index (χ4v) is 5.22. The van der Waals surface area contributed by atoms with E-state index in [1.165, 1.54) is 36.8 Å². The van der Waals surface area contributed by atoms with Gasteiger partial charge in [-0.05, 0) is 72.7 Å². The van der Waals surface area contributed by atoms with Crippen LogP contribution in [0.25, 0.3) is 0 Å². The van der Waals surface area contributed by atoms with Crippen LogP contribution < -0.4 is 10.5 Å². The molecule has 3 aliphatic rings. The van der Waals surface area contributed by atoms with Crippen LogP contribution in [-0.2, 0) is 12.8 Å². The summed E-state index contributed by atoms with van der Waals surface area (Å²) >= 11 is 6.29. The lowest BCUT2D eigenvalue weighted by Gasteiger charge is -2.37. The Bertz CT molecular complexity index is 544. The molecule has 0 spiro atoms. The molecule has 3 heteroatoms. The van der Waals surface area contributed by atoms with E-state index in [0.29, 0.717) is 5.41 Å². The maximum atomic E-state index is 6.29. The summed E-state index contributed by atoms with van der Waals surface area (Å²) in [6.07, 6.45) is 7.51. The standard InChI is InChI=1S/C17H22ClNO/c18-15-6-12-3-4-20-16(12)13(7-15)9-17(10-19)8-11-1-2-14(17)5-11/h6-7,11,14H,1-5,8-10,19H2. The lowest BCUT2D eigenvalue weighted by Crippen LogP contribution is -2.38. The van der Waals surface area contributed by atoms with E-state index in [2.05, 4.69) is 12.1 Å². The van der Waals surface area contributed by atoms with Gasteiger partial charge < -0.3 is 10.5 Å². The van der Waals surface area contributed by atoms with Crippen molar-refractivity contribution < 1.29 is 4.74 Å². The summed E-state index contributed by atoms with van der Waals surface area (Å²) < 4.78 is 5.87. The predicted molar refractivity (Wildman–Crippen MR) is 81.3 cm³/mol. The molecule has 1 heterocycles. The van der Waals surface area contributed by atoms with Gasteiger partial charge in [-0.3, -0.25) is 0 Å². The quantitative estimate of drug-likeness (QED) is 0.924. The SMILES string of the molecule is NCC1(Cc2cc(Cl)cc3c2OCC3)CC2CCC1C2. The Labute approximate surface area is 125 Å². The molecule has 2 fully saturated rings. The smallest absolute Gasteiger partial charge is 0.125 e. The Morgan fingerprint density at radius 2 is 2.25 bits per heavy atom. The van der Waals surface area contributed by atoms with Crippen molar-refractivity contribution in [3.63, 3.8) is 0 Å². The second-order valence-electron chi connectivity index (χ2n) is 6.98. The Morgan fingerprint density at radius 3 is 2.95 bits per heavy atom. The third-order valence-electron chi connectivity index (χ3n) is 5.88. The van der Waals surface area contributed by atoms with Gasteiger partial charge >= 0.3 is 0 Å². The molecule has 0 amide bonds. The molecule has 2 aliphatic carbocycles. The zero-order valence-electron chi connectivity index (χ0n) is 11.8.